The number of anilines is 2. The summed E-state index contributed by atoms with van der Waals surface area (Å²) < 4.78 is 31.2. The summed E-state index contributed by atoms with van der Waals surface area (Å²) in [6, 6.07) is 19.8. The summed E-state index contributed by atoms with van der Waals surface area (Å²) in [5, 5.41) is 2.50. The van der Waals surface area contributed by atoms with E-state index in [4.69, 9.17) is 28.4 Å². The first kappa shape index (κ1) is 44.4. The number of nitrogens with zero attached hydrogens (tertiary/aromatic N) is 2. The van der Waals surface area contributed by atoms with Crippen molar-refractivity contribution in [1.29, 1.82) is 0 Å². The van der Waals surface area contributed by atoms with Crippen molar-refractivity contribution in [3.63, 3.8) is 0 Å². The third-order valence-corrected chi connectivity index (χ3v) is 10.6. The van der Waals surface area contributed by atoms with Gasteiger partial charge in [-0.3, -0.25) is 28.8 Å². The van der Waals surface area contributed by atoms with Crippen LogP contribution in [0, 0.1) is 0 Å². The predicted octanol–water partition coefficient (Wildman–Crippen LogP) is 5.79. The fourth-order valence-electron chi connectivity index (χ4n) is 5.18. The number of hydrazine groups is 1. The Bertz CT molecular complexity index is 2100. The number of para-hydroxylation sites is 2. The van der Waals surface area contributed by atoms with Gasteiger partial charge in [0.2, 0.25) is 0 Å². The summed E-state index contributed by atoms with van der Waals surface area (Å²) in [4.78, 5) is 102. The van der Waals surface area contributed by atoms with Crippen molar-refractivity contribution in [2.24, 2.45) is 0 Å². The lowest BCUT2D eigenvalue weighted by Gasteiger charge is -2.27. The molecule has 0 aliphatic carbocycles. The van der Waals surface area contributed by atoms with E-state index in [1.807, 2.05) is 0 Å². The van der Waals surface area contributed by atoms with Crippen LogP contribution in [-0.4, -0.2) is 74.1 Å². The molecule has 3 aromatic carbocycles. The van der Waals surface area contributed by atoms with Gasteiger partial charge in [-0.2, -0.15) is 0 Å². The van der Waals surface area contributed by atoms with E-state index in [2.05, 4.69) is 13.2 Å². The van der Waals surface area contributed by atoms with Gasteiger partial charge >= 0.3 is 35.8 Å². The number of carbonyl (C=O) groups is 8. The second-order valence-electron chi connectivity index (χ2n) is 12.7. The lowest BCUT2D eigenvalue weighted by molar-refractivity contribution is -0.151. The number of carbonyl (C=O) groups excluding carboxylic acids is 8. The SMILES string of the molecule is C=C(C)C(=O)OCCOC(=O)CCC(=O)Oc1ccc(OC(=O)CCC(=O)OCCOC(=O)C(=C)C)c2c1SC(=C1C(=O)N(c3ccccc3)N(c3ccccc3)C1=O)S2. The van der Waals surface area contributed by atoms with E-state index >= 15 is 0 Å². The molecule has 0 bridgehead atoms. The molecular weight excluding hydrogens is 821 g/mol. The monoisotopic (exact) mass is 858 g/mol. The fourth-order valence-corrected chi connectivity index (χ4v) is 7.83. The predicted molar refractivity (Wildman–Crippen MR) is 216 cm³/mol. The van der Waals surface area contributed by atoms with E-state index in [9.17, 15) is 38.4 Å². The van der Waals surface area contributed by atoms with Crippen LogP contribution in [0.4, 0.5) is 11.4 Å². The summed E-state index contributed by atoms with van der Waals surface area (Å²) >= 11 is 1.89. The quantitative estimate of drug-likeness (QED) is 0.0372. The number of ether oxygens (including phenoxy) is 6. The molecule has 2 aliphatic heterocycles. The maximum absolute atomic E-state index is 14.2. The van der Waals surface area contributed by atoms with E-state index in [0.29, 0.717) is 11.4 Å². The minimum Gasteiger partial charge on any atom is -0.462 e. The van der Waals surface area contributed by atoms with Crippen molar-refractivity contribution in [3.8, 4) is 11.5 Å². The minimum absolute atomic E-state index is 0.0170. The molecule has 1 fully saturated rings. The number of esters is 6. The first-order valence-corrected chi connectivity index (χ1v) is 19.8. The Morgan fingerprint density at radius 1 is 0.517 bits per heavy atom. The Morgan fingerprint density at radius 2 is 0.867 bits per heavy atom. The van der Waals surface area contributed by atoms with E-state index < -0.39 is 60.5 Å². The third-order valence-electron chi connectivity index (χ3n) is 8.02. The van der Waals surface area contributed by atoms with Gasteiger partial charge in [-0.15, -0.1) is 0 Å². The Morgan fingerprint density at radius 3 is 1.23 bits per heavy atom. The maximum Gasteiger partial charge on any atom is 0.333 e. The smallest absolute Gasteiger partial charge is 0.333 e. The number of amides is 2. The number of fused-ring (bicyclic) bond motifs is 1. The standard InChI is InChI=1S/C42H38N2O14S2/c1-25(2)40(51)55-23-21-53-31(45)17-19-33(47)57-29-15-16-30(58-34(48)20-18-32(46)54-22-24-56-41(52)26(3)4)37-36(29)59-42(60-37)35-38(49)43(27-11-7-5-8-12-27)44(39(35)50)28-13-9-6-10-14-28/h5-16H,1,3,17-24H2,2,4H3. The van der Waals surface area contributed by atoms with E-state index in [1.165, 1.54) is 36.0 Å². The summed E-state index contributed by atoms with van der Waals surface area (Å²) in [5.74, 6) is -5.75. The lowest BCUT2D eigenvalue weighted by Crippen LogP contribution is -2.41. The van der Waals surface area contributed by atoms with E-state index in [-0.39, 0.29) is 81.5 Å². The molecule has 0 unspecified atom stereocenters. The van der Waals surface area contributed by atoms with Gasteiger partial charge in [-0.1, -0.05) is 73.1 Å². The molecule has 5 rings (SSSR count). The molecule has 0 saturated carbocycles. The first-order valence-electron chi connectivity index (χ1n) is 18.2. The molecule has 18 heteroatoms. The Kier molecular flexibility index (Phi) is 15.4. The van der Waals surface area contributed by atoms with Crippen LogP contribution in [0.25, 0.3) is 0 Å². The molecule has 0 radical (unpaired) electrons. The second kappa shape index (κ2) is 20.9. The van der Waals surface area contributed by atoms with Crippen molar-refractivity contribution < 1.29 is 66.8 Å². The molecule has 312 valence electrons. The van der Waals surface area contributed by atoms with Crippen LogP contribution in [0.1, 0.15) is 39.5 Å². The highest BCUT2D eigenvalue weighted by Gasteiger charge is 2.47. The molecule has 0 spiro atoms. The average molecular weight is 859 g/mol. The van der Waals surface area contributed by atoms with Crippen LogP contribution in [0.3, 0.4) is 0 Å². The number of benzene rings is 3. The van der Waals surface area contributed by atoms with Crippen LogP contribution >= 0.6 is 23.5 Å². The van der Waals surface area contributed by atoms with Crippen molar-refractivity contribution in [3.05, 3.63) is 107 Å². The average Bonchev–Trinajstić information content (AvgIpc) is 3.79. The van der Waals surface area contributed by atoms with Crippen LogP contribution < -0.4 is 19.5 Å². The van der Waals surface area contributed by atoms with Gasteiger partial charge in [0.15, 0.2) is 0 Å². The van der Waals surface area contributed by atoms with Gasteiger partial charge in [0, 0.05) is 11.1 Å². The summed E-state index contributed by atoms with van der Waals surface area (Å²) in [6.07, 6.45) is -1.53. The van der Waals surface area contributed by atoms with Crippen molar-refractivity contribution in [1.82, 2.24) is 0 Å². The molecule has 16 nitrogen and oxygen atoms in total. The minimum atomic E-state index is -0.828. The van der Waals surface area contributed by atoms with Gasteiger partial charge in [0.1, 0.15) is 43.5 Å². The van der Waals surface area contributed by atoms with E-state index in [0.717, 1.165) is 23.5 Å². The van der Waals surface area contributed by atoms with Gasteiger partial charge < -0.3 is 28.4 Å². The lowest BCUT2D eigenvalue weighted by atomic mass is 10.2. The molecule has 2 amide bonds. The van der Waals surface area contributed by atoms with E-state index in [1.54, 1.807) is 60.7 Å². The molecule has 2 heterocycles. The van der Waals surface area contributed by atoms with Gasteiger partial charge in [0.05, 0.1) is 51.1 Å². The van der Waals surface area contributed by atoms with Crippen LogP contribution in [0.5, 0.6) is 11.5 Å². The molecule has 0 N–H and O–H groups in total. The highest BCUT2D eigenvalue weighted by molar-refractivity contribution is 8.25. The topological polar surface area (TPSA) is 198 Å². The molecule has 0 aromatic heterocycles. The molecule has 1 saturated heterocycles. The Labute approximate surface area is 352 Å². The first-order chi connectivity index (χ1) is 28.7. The van der Waals surface area contributed by atoms with Gasteiger partial charge in [-0.05, 0) is 50.2 Å². The fraction of sp³-hybridized carbons (Fsp3) is 0.238. The largest absolute Gasteiger partial charge is 0.462 e. The Hall–Kier alpha value is -6.66. The maximum atomic E-state index is 14.2. The molecule has 0 atom stereocenters. The van der Waals surface area contributed by atoms with Crippen molar-refractivity contribution in [2.45, 2.75) is 49.3 Å². The Balaban J connectivity index is 1.34. The number of thioether (sulfide) groups is 2. The normalized spacial score (nSPS) is 13.0. The zero-order chi connectivity index (χ0) is 43.3. The second-order valence-corrected chi connectivity index (χ2v) is 15.0. The third kappa shape index (κ3) is 11.5. The molecule has 60 heavy (non-hydrogen) atoms. The summed E-state index contributed by atoms with van der Waals surface area (Å²) in [6.45, 7) is 8.98. The van der Waals surface area contributed by atoms with Gasteiger partial charge in [-0.25, -0.2) is 19.6 Å². The number of hydrogen-bond donors (Lipinski definition) is 0. The number of rotatable bonds is 18. The van der Waals surface area contributed by atoms with Crippen LogP contribution in [-0.2, 0) is 57.3 Å². The molecule has 3 aromatic rings. The van der Waals surface area contributed by atoms with Crippen LogP contribution in [0.15, 0.2) is 117 Å². The highest BCUT2D eigenvalue weighted by atomic mass is 32.2. The number of hydrogen-bond acceptors (Lipinski definition) is 16. The van der Waals surface area contributed by atoms with Crippen LogP contribution in [0.2, 0.25) is 0 Å². The highest BCUT2D eigenvalue weighted by Crippen LogP contribution is 2.60. The summed E-state index contributed by atoms with van der Waals surface area (Å²) in [7, 11) is 0. The zero-order valence-corrected chi connectivity index (χ0v) is 34.1. The van der Waals surface area contributed by atoms with Crippen molar-refractivity contribution in [2.75, 3.05) is 36.4 Å². The van der Waals surface area contributed by atoms with Crippen molar-refractivity contribution >= 4 is 82.5 Å². The van der Waals surface area contributed by atoms with Gasteiger partial charge in [0.25, 0.3) is 11.8 Å². The summed E-state index contributed by atoms with van der Waals surface area (Å²) in [5.41, 5.74) is 1.01. The zero-order valence-electron chi connectivity index (χ0n) is 32.4. The molecular formula is C42H38N2O14S2. The molecule has 2 aliphatic rings.